The number of pyridine rings is 1. The maximum Gasteiger partial charge on any atom is 0.154 e. The largest absolute Gasteiger partial charge is 0.382 e. The first-order valence-electron chi connectivity index (χ1n) is 11.1. The molecule has 1 unspecified atom stereocenters. The maximum absolute atomic E-state index is 13.8. The van der Waals surface area contributed by atoms with Crippen LogP contribution in [-0.4, -0.2) is 14.8 Å². The van der Waals surface area contributed by atoms with Gasteiger partial charge in [-0.05, 0) is 69.0 Å². The first-order valence-corrected chi connectivity index (χ1v) is 11.5. The molecule has 0 aliphatic heterocycles. The standard InChI is InChI=1S/C27H26ClF2N5/c1-27(2,3)10-9-18-5-6-19(20-7-8-21(28)23-25(20)35(4)34-26(23)32)24(33-18)22(31)13-15-11-16(29)14-17(30)12-15/h5-8,11-12,14,22H,13,31H2,1-4H3,(H2,32,34). The Kier molecular flexibility index (Phi) is 6.54. The Labute approximate surface area is 208 Å². The van der Waals surface area contributed by atoms with Gasteiger partial charge in [0.05, 0.1) is 27.7 Å². The van der Waals surface area contributed by atoms with Crippen molar-refractivity contribution in [2.45, 2.75) is 33.2 Å². The highest BCUT2D eigenvalue weighted by Crippen LogP contribution is 2.38. The summed E-state index contributed by atoms with van der Waals surface area (Å²) in [5.74, 6) is 5.29. The number of halogens is 3. The van der Waals surface area contributed by atoms with Crippen LogP contribution < -0.4 is 11.5 Å². The van der Waals surface area contributed by atoms with Crippen LogP contribution in [-0.2, 0) is 13.5 Å². The predicted molar refractivity (Wildman–Crippen MR) is 137 cm³/mol. The van der Waals surface area contributed by atoms with Gasteiger partial charge in [-0.3, -0.25) is 4.68 Å². The molecular formula is C27H26ClF2N5. The number of nitrogen functional groups attached to an aromatic ring is 1. The molecule has 0 bridgehead atoms. The summed E-state index contributed by atoms with van der Waals surface area (Å²) in [6, 6.07) is 10.0. The second-order valence-electron chi connectivity index (χ2n) is 9.55. The molecule has 4 N–H and O–H groups in total. The fourth-order valence-electron chi connectivity index (χ4n) is 4.01. The van der Waals surface area contributed by atoms with E-state index in [0.29, 0.717) is 33.2 Å². The average Bonchev–Trinajstić information content (AvgIpc) is 3.06. The van der Waals surface area contributed by atoms with E-state index in [1.807, 2.05) is 39.0 Å². The minimum atomic E-state index is -0.668. The van der Waals surface area contributed by atoms with Crippen LogP contribution in [0.25, 0.3) is 22.0 Å². The Morgan fingerprint density at radius 1 is 1.06 bits per heavy atom. The first-order chi connectivity index (χ1) is 16.4. The second kappa shape index (κ2) is 9.29. The number of hydrogen-bond donors (Lipinski definition) is 2. The van der Waals surface area contributed by atoms with E-state index in [1.54, 1.807) is 17.8 Å². The highest BCUT2D eigenvalue weighted by Gasteiger charge is 2.21. The fraction of sp³-hybridized carbons (Fsp3) is 0.259. The van der Waals surface area contributed by atoms with Gasteiger partial charge in [-0.25, -0.2) is 13.8 Å². The maximum atomic E-state index is 13.8. The molecule has 0 amide bonds. The Morgan fingerprint density at radius 3 is 2.37 bits per heavy atom. The van der Waals surface area contributed by atoms with Crippen LogP contribution in [0.1, 0.15) is 43.8 Å². The number of nitrogens with zero attached hydrogens (tertiary/aromatic N) is 3. The molecule has 0 saturated carbocycles. The topological polar surface area (TPSA) is 82.8 Å². The molecule has 0 aliphatic rings. The van der Waals surface area contributed by atoms with Crippen molar-refractivity contribution in [2.75, 3.05) is 5.73 Å². The van der Waals surface area contributed by atoms with Crippen molar-refractivity contribution in [3.8, 4) is 23.0 Å². The van der Waals surface area contributed by atoms with Crippen LogP contribution in [0.3, 0.4) is 0 Å². The van der Waals surface area contributed by atoms with Crippen LogP contribution in [0.5, 0.6) is 0 Å². The van der Waals surface area contributed by atoms with Crippen molar-refractivity contribution in [2.24, 2.45) is 18.2 Å². The number of aromatic nitrogens is 3. The normalized spacial score (nSPS) is 12.5. The number of nitrogens with two attached hydrogens (primary N) is 2. The molecular weight excluding hydrogens is 468 g/mol. The van der Waals surface area contributed by atoms with Crippen LogP contribution in [0, 0.1) is 28.9 Å². The van der Waals surface area contributed by atoms with Gasteiger partial charge in [-0.1, -0.05) is 23.6 Å². The Hall–Kier alpha value is -3.47. The molecule has 0 radical (unpaired) electrons. The zero-order valence-electron chi connectivity index (χ0n) is 20.0. The summed E-state index contributed by atoms with van der Waals surface area (Å²) < 4.78 is 29.3. The van der Waals surface area contributed by atoms with Crippen LogP contribution >= 0.6 is 11.6 Å². The van der Waals surface area contributed by atoms with Gasteiger partial charge in [0.25, 0.3) is 0 Å². The van der Waals surface area contributed by atoms with E-state index < -0.39 is 17.7 Å². The van der Waals surface area contributed by atoms with E-state index in [0.717, 1.165) is 22.7 Å². The number of aryl methyl sites for hydroxylation is 1. The van der Waals surface area contributed by atoms with E-state index in [4.69, 9.17) is 28.1 Å². The molecule has 2 aromatic carbocycles. The number of benzene rings is 2. The van der Waals surface area contributed by atoms with Gasteiger partial charge < -0.3 is 11.5 Å². The van der Waals surface area contributed by atoms with Crippen molar-refractivity contribution in [3.63, 3.8) is 0 Å². The molecule has 1 atom stereocenters. The van der Waals surface area contributed by atoms with Crippen molar-refractivity contribution >= 4 is 28.3 Å². The molecule has 35 heavy (non-hydrogen) atoms. The van der Waals surface area contributed by atoms with Gasteiger partial charge in [0.1, 0.15) is 17.3 Å². The van der Waals surface area contributed by atoms with E-state index in [-0.39, 0.29) is 11.8 Å². The first kappa shape index (κ1) is 24.6. The van der Waals surface area contributed by atoms with Crippen molar-refractivity contribution in [1.29, 1.82) is 0 Å². The zero-order valence-corrected chi connectivity index (χ0v) is 20.7. The summed E-state index contributed by atoms with van der Waals surface area (Å²) in [7, 11) is 1.78. The van der Waals surface area contributed by atoms with Gasteiger partial charge in [0, 0.05) is 29.7 Å². The van der Waals surface area contributed by atoms with Gasteiger partial charge in [0.2, 0.25) is 0 Å². The van der Waals surface area contributed by atoms with Gasteiger partial charge in [-0.2, -0.15) is 5.10 Å². The quantitative estimate of drug-likeness (QED) is 0.352. The van der Waals surface area contributed by atoms with Crippen molar-refractivity contribution in [3.05, 3.63) is 76.1 Å². The summed E-state index contributed by atoms with van der Waals surface area (Å²) in [4.78, 5) is 4.78. The van der Waals surface area contributed by atoms with Gasteiger partial charge in [0.15, 0.2) is 5.82 Å². The summed E-state index contributed by atoms with van der Waals surface area (Å²) in [6.45, 7) is 6.03. The summed E-state index contributed by atoms with van der Waals surface area (Å²) in [5.41, 5.74) is 16.3. The van der Waals surface area contributed by atoms with Crippen LogP contribution in [0.2, 0.25) is 5.02 Å². The SMILES string of the molecule is Cn1nc(N)c2c(Cl)ccc(-c3ccc(C#CC(C)(C)C)nc3C(N)Cc3cc(F)cc(F)c3)c21. The molecule has 2 aromatic heterocycles. The van der Waals surface area contributed by atoms with E-state index in [2.05, 4.69) is 16.9 Å². The average molecular weight is 494 g/mol. The second-order valence-corrected chi connectivity index (χ2v) is 9.95. The molecule has 0 fully saturated rings. The summed E-state index contributed by atoms with van der Waals surface area (Å²) in [5, 5.41) is 5.44. The Bertz CT molecular complexity index is 1470. The lowest BCUT2D eigenvalue weighted by Crippen LogP contribution is -2.17. The van der Waals surface area contributed by atoms with Crippen LogP contribution in [0.4, 0.5) is 14.6 Å². The van der Waals surface area contributed by atoms with E-state index >= 15 is 0 Å². The molecule has 2 heterocycles. The molecule has 0 saturated heterocycles. The minimum absolute atomic E-state index is 0.176. The van der Waals surface area contributed by atoms with E-state index in [9.17, 15) is 8.78 Å². The Morgan fingerprint density at radius 2 is 1.71 bits per heavy atom. The Balaban J connectivity index is 1.90. The highest BCUT2D eigenvalue weighted by atomic mass is 35.5. The zero-order chi connectivity index (χ0) is 25.5. The minimum Gasteiger partial charge on any atom is -0.382 e. The lowest BCUT2D eigenvalue weighted by Gasteiger charge is -2.18. The van der Waals surface area contributed by atoms with Gasteiger partial charge >= 0.3 is 0 Å². The molecule has 180 valence electrons. The number of hydrogen-bond acceptors (Lipinski definition) is 4. The molecule has 0 spiro atoms. The smallest absolute Gasteiger partial charge is 0.154 e. The lowest BCUT2D eigenvalue weighted by atomic mass is 9.94. The monoisotopic (exact) mass is 493 g/mol. The number of fused-ring (bicyclic) bond motifs is 1. The van der Waals surface area contributed by atoms with Crippen LogP contribution in [0.15, 0.2) is 42.5 Å². The molecule has 4 aromatic rings. The molecule has 8 heteroatoms. The highest BCUT2D eigenvalue weighted by molar-refractivity contribution is 6.37. The molecule has 0 aliphatic carbocycles. The van der Waals surface area contributed by atoms with Gasteiger partial charge in [-0.15, -0.1) is 0 Å². The number of anilines is 1. The third kappa shape index (κ3) is 5.29. The lowest BCUT2D eigenvalue weighted by molar-refractivity contribution is 0.571. The summed E-state index contributed by atoms with van der Waals surface area (Å²) >= 11 is 6.42. The predicted octanol–water partition coefficient (Wildman–Crippen LogP) is 5.79. The van der Waals surface area contributed by atoms with Crippen molar-refractivity contribution < 1.29 is 8.78 Å². The molecule has 5 nitrogen and oxygen atoms in total. The molecule has 4 rings (SSSR count). The van der Waals surface area contributed by atoms with Crippen molar-refractivity contribution in [1.82, 2.24) is 14.8 Å². The third-order valence-electron chi connectivity index (χ3n) is 5.47. The van der Waals surface area contributed by atoms with E-state index in [1.165, 1.54) is 12.1 Å². The third-order valence-corrected chi connectivity index (χ3v) is 5.79. The number of rotatable bonds is 4. The summed E-state index contributed by atoms with van der Waals surface area (Å²) in [6.07, 6.45) is 0.176. The fourth-order valence-corrected chi connectivity index (χ4v) is 4.26.